The Kier molecular flexibility index (Phi) is 7.42. The minimum atomic E-state index is -0.790. The van der Waals surface area contributed by atoms with Crippen LogP contribution in [0, 0.1) is 0 Å². The van der Waals surface area contributed by atoms with Gasteiger partial charge in [0.15, 0.2) is 0 Å². The fourth-order valence-electron chi connectivity index (χ4n) is 2.04. The molecule has 0 spiro atoms. The zero-order valence-electron chi connectivity index (χ0n) is 15.2. The lowest BCUT2D eigenvalue weighted by atomic mass is 10.1. The Morgan fingerprint density at radius 3 is 2.32 bits per heavy atom. The second-order valence-electron chi connectivity index (χ2n) is 6.86. The number of hydrogen-bond donors (Lipinski definition) is 2. The monoisotopic (exact) mass is 349 g/mol. The zero-order chi connectivity index (χ0) is 19.0. The van der Waals surface area contributed by atoms with Crippen LogP contribution in [0.15, 0.2) is 30.3 Å². The average molecular weight is 349 g/mol. The molecule has 25 heavy (non-hydrogen) atoms. The molecule has 3 amide bonds. The van der Waals surface area contributed by atoms with E-state index in [1.165, 1.54) is 4.90 Å². The van der Waals surface area contributed by atoms with E-state index in [1.54, 1.807) is 27.8 Å². The summed E-state index contributed by atoms with van der Waals surface area (Å²) in [6, 6.07) is 8.50. The molecule has 7 nitrogen and oxygen atoms in total. The molecule has 7 heteroatoms. The summed E-state index contributed by atoms with van der Waals surface area (Å²) in [5.41, 5.74) is 5.67. The number of nitrogens with one attached hydrogen (secondary N) is 1. The van der Waals surface area contributed by atoms with E-state index in [1.807, 2.05) is 30.3 Å². The molecule has 3 N–H and O–H groups in total. The summed E-state index contributed by atoms with van der Waals surface area (Å²) in [5.74, 6) is -0.951. The Morgan fingerprint density at radius 1 is 1.20 bits per heavy atom. The van der Waals surface area contributed by atoms with Gasteiger partial charge in [-0.15, -0.1) is 0 Å². The van der Waals surface area contributed by atoms with E-state index >= 15 is 0 Å². The Bertz CT molecular complexity index is 596. The minimum Gasteiger partial charge on any atom is -0.444 e. The molecule has 1 rings (SSSR count). The second-order valence-corrected chi connectivity index (χ2v) is 6.86. The SMILES string of the molecule is CN(CCC(=O)N[C@@H](Cc1ccccc1)C(N)=O)C(=O)OC(C)(C)C. The third kappa shape index (κ3) is 8.19. The molecule has 0 heterocycles. The van der Waals surface area contributed by atoms with Gasteiger partial charge in [0, 0.05) is 26.4 Å². The summed E-state index contributed by atoms with van der Waals surface area (Å²) in [5, 5.41) is 2.62. The number of carbonyl (C=O) groups is 3. The first-order chi connectivity index (χ1) is 11.6. The van der Waals surface area contributed by atoms with Crippen LogP contribution in [-0.2, 0) is 20.7 Å². The van der Waals surface area contributed by atoms with Crippen molar-refractivity contribution in [2.24, 2.45) is 5.73 Å². The molecule has 0 aliphatic rings. The van der Waals surface area contributed by atoms with Crippen molar-refractivity contribution in [2.75, 3.05) is 13.6 Å². The highest BCUT2D eigenvalue weighted by Gasteiger charge is 2.22. The van der Waals surface area contributed by atoms with Crippen LogP contribution in [0.5, 0.6) is 0 Å². The van der Waals surface area contributed by atoms with E-state index in [9.17, 15) is 14.4 Å². The van der Waals surface area contributed by atoms with Crippen molar-refractivity contribution in [3.8, 4) is 0 Å². The Hall–Kier alpha value is -2.57. The highest BCUT2D eigenvalue weighted by atomic mass is 16.6. The van der Waals surface area contributed by atoms with E-state index in [-0.39, 0.29) is 18.9 Å². The van der Waals surface area contributed by atoms with E-state index in [0.29, 0.717) is 6.42 Å². The minimum absolute atomic E-state index is 0.0499. The number of amides is 3. The van der Waals surface area contributed by atoms with Crippen LogP contribution in [-0.4, -0.2) is 48.0 Å². The summed E-state index contributed by atoms with van der Waals surface area (Å²) in [4.78, 5) is 36.8. The van der Waals surface area contributed by atoms with Gasteiger partial charge in [0.25, 0.3) is 0 Å². The number of rotatable bonds is 7. The molecule has 0 aromatic heterocycles. The standard InChI is InChI=1S/C18H27N3O4/c1-18(2,3)25-17(24)21(4)11-10-15(22)20-14(16(19)23)12-13-8-6-5-7-9-13/h5-9,14H,10-12H2,1-4H3,(H2,19,23)(H,20,22)/t14-/m0/s1. The quantitative estimate of drug-likeness (QED) is 0.778. The van der Waals surface area contributed by atoms with Gasteiger partial charge < -0.3 is 20.7 Å². The van der Waals surface area contributed by atoms with Crippen molar-refractivity contribution in [3.63, 3.8) is 0 Å². The topological polar surface area (TPSA) is 102 Å². The number of nitrogens with two attached hydrogens (primary N) is 1. The van der Waals surface area contributed by atoms with Gasteiger partial charge in [-0.05, 0) is 26.3 Å². The van der Waals surface area contributed by atoms with Crippen molar-refractivity contribution in [1.29, 1.82) is 0 Å². The molecule has 138 valence electrons. The third-order valence-electron chi connectivity index (χ3n) is 3.34. The Balaban J connectivity index is 2.50. The maximum absolute atomic E-state index is 12.1. The highest BCUT2D eigenvalue weighted by molar-refractivity contribution is 5.87. The first-order valence-corrected chi connectivity index (χ1v) is 8.15. The number of ether oxygens (including phenoxy) is 1. The summed E-state index contributed by atoms with van der Waals surface area (Å²) >= 11 is 0. The van der Waals surface area contributed by atoms with Crippen molar-refractivity contribution in [1.82, 2.24) is 10.2 Å². The number of primary amides is 1. The fraction of sp³-hybridized carbons (Fsp3) is 0.500. The van der Waals surface area contributed by atoms with E-state index < -0.39 is 23.6 Å². The van der Waals surface area contributed by atoms with Crippen molar-refractivity contribution < 1.29 is 19.1 Å². The molecular weight excluding hydrogens is 322 g/mol. The van der Waals surface area contributed by atoms with Gasteiger partial charge in [0.05, 0.1) is 0 Å². The van der Waals surface area contributed by atoms with Crippen LogP contribution in [0.1, 0.15) is 32.8 Å². The van der Waals surface area contributed by atoms with Crippen LogP contribution in [0.25, 0.3) is 0 Å². The van der Waals surface area contributed by atoms with Gasteiger partial charge in [-0.3, -0.25) is 9.59 Å². The lowest BCUT2D eigenvalue weighted by Crippen LogP contribution is -2.46. The number of carbonyl (C=O) groups excluding carboxylic acids is 3. The summed E-state index contributed by atoms with van der Waals surface area (Å²) in [6.07, 6.45) is -0.131. The van der Waals surface area contributed by atoms with Crippen molar-refractivity contribution in [2.45, 2.75) is 45.3 Å². The first-order valence-electron chi connectivity index (χ1n) is 8.15. The van der Waals surface area contributed by atoms with E-state index in [4.69, 9.17) is 10.5 Å². The second kappa shape index (κ2) is 9.05. The maximum Gasteiger partial charge on any atom is 0.410 e. The van der Waals surface area contributed by atoms with Gasteiger partial charge in [0.2, 0.25) is 11.8 Å². The predicted molar refractivity (Wildman–Crippen MR) is 94.8 cm³/mol. The zero-order valence-corrected chi connectivity index (χ0v) is 15.2. The van der Waals surface area contributed by atoms with Crippen LogP contribution < -0.4 is 11.1 Å². The van der Waals surface area contributed by atoms with Gasteiger partial charge in [0.1, 0.15) is 11.6 Å². The summed E-state index contributed by atoms with van der Waals surface area (Å²) < 4.78 is 5.21. The molecule has 1 aromatic rings. The summed E-state index contributed by atoms with van der Waals surface area (Å²) in [6.45, 7) is 5.49. The third-order valence-corrected chi connectivity index (χ3v) is 3.34. The van der Waals surface area contributed by atoms with Crippen LogP contribution in [0.3, 0.4) is 0 Å². The molecule has 0 bridgehead atoms. The number of nitrogens with zero attached hydrogens (tertiary/aromatic N) is 1. The number of hydrogen-bond acceptors (Lipinski definition) is 4. The Labute approximate surface area is 148 Å². The first kappa shape index (κ1) is 20.5. The van der Waals surface area contributed by atoms with Gasteiger partial charge >= 0.3 is 6.09 Å². The molecule has 1 aromatic carbocycles. The maximum atomic E-state index is 12.1. The van der Waals surface area contributed by atoms with E-state index in [2.05, 4.69) is 5.32 Å². The normalized spacial score (nSPS) is 12.2. The van der Waals surface area contributed by atoms with Crippen LogP contribution in [0.4, 0.5) is 4.79 Å². The Morgan fingerprint density at radius 2 is 1.80 bits per heavy atom. The molecular formula is C18H27N3O4. The fourth-order valence-corrected chi connectivity index (χ4v) is 2.04. The highest BCUT2D eigenvalue weighted by Crippen LogP contribution is 2.09. The molecule has 1 atom stereocenters. The van der Waals surface area contributed by atoms with Crippen molar-refractivity contribution >= 4 is 17.9 Å². The van der Waals surface area contributed by atoms with Crippen LogP contribution in [0.2, 0.25) is 0 Å². The molecule has 0 fully saturated rings. The van der Waals surface area contributed by atoms with Gasteiger partial charge in [-0.2, -0.15) is 0 Å². The summed E-state index contributed by atoms with van der Waals surface area (Å²) in [7, 11) is 1.55. The lowest BCUT2D eigenvalue weighted by molar-refractivity contribution is -0.127. The largest absolute Gasteiger partial charge is 0.444 e. The van der Waals surface area contributed by atoms with Crippen molar-refractivity contribution in [3.05, 3.63) is 35.9 Å². The number of benzene rings is 1. The molecule has 0 saturated carbocycles. The van der Waals surface area contributed by atoms with Gasteiger partial charge in [-0.25, -0.2) is 4.79 Å². The molecule has 0 unspecified atom stereocenters. The smallest absolute Gasteiger partial charge is 0.410 e. The average Bonchev–Trinajstić information content (AvgIpc) is 2.51. The molecule has 0 radical (unpaired) electrons. The van der Waals surface area contributed by atoms with Gasteiger partial charge in [-0.1, -0.05) is 30.3 Å². The molecule has 0 saturated heterocycles. The molecule has 0 aliphatic carbocycles. The predicted octanol–water partition coefficient (Wildman–Crippen LogP) is 1.46. The van der Waals surface area contributed by atoms with Crippen LogP contribution >= 0.6 is 0 Å². The lowest BCUT2D eigenvalue weighted by Gasteiger charge is -2.24. The molecule has 0 aliphatic heterocycles. The van der Waals surface area contributed by atoms with E-state index in [0.717, 1.165) is 5.56 Å².